The first-order valence-electron chi connectivity index (χ1n) is 6.89. The average Bonchev–Trinajstić information content (AvgIpc) is 3.03. The number of nitrogens with zero attached hydrogens (tertiary/aromatic N) is 1. The van der Waals surface area contributed by atoms with E-state index in [1.54, 1.807) is 18.2 Å². The van der Waals surface area contributed by atoms with Crippen molar-refractivity contribution in [1.82, 2.24) is 0 Å². The zero-order chi connectivity index (χ0) is 16.2. The molecule has 1 aromatic heterocycles. The molecule has 3 aromatic rings. The number of allylic oxidation sites excluding steroid dienone is 1. The van der Waals surface area contributed by atoms with Gasteiger partial charge in [0.25, 0.3) is 0 Å². The fourth-order valence-electron chi connectivity index (χ4n) is 2.15. The number of hydrogen-bond acceptors (Lipinski definition) is 2. The largest absolute Gasteiger partial charge is 0.457 e. The van der Waals surface area contributed by atoms with Crippen LogP contribution >= 0.6 is 27.5 Å². The van der Waals surface area contributed by atoms with Crippen molar-refractivity contribution in [3.05, 3.63) is 81.5 Å². The highest BCUT2D eigenvalue weighted by molar-refractivity contribution is 9.10. The Bertz CT molecular complexity index is 886. The zero-order valence-corrected chi connectivity index (χ0v) is 14.3. The van der Waals surface area contributed by atoms with Crippen molar-refractivity contribution in [3.63, 3.8) is 0 Å². The van der Waals surface area contributed by atoms with Gasteiger partial charge in [-0.15, -0.1) is 0 Å². The molecule has 2 aromatic carbocycles. The monoisotopic (exact) mass is 383 g/mol. The van der Waals surface area contributed by atoms with Crippen molar-refractivity contribution in [2.75, 3.05) is 0 Å². The fourth-order valence-corrected chi connectivity index (χ4v) is 2.54. The van der Waals surface area contributed by atoms with Crippen molar-refractivity contribution < 1.29 is 4.42 Å². The summed E-state index contributed by atoms with van der Waals surface area (Å²) in [6.07, 6.45) is 1.73. The summed E-state index contributed by atoms with van der Waals surface area (Å²) in [5.74, 6) is 1.39. The number of furan rings is 1. The van der Waals surface area contributed by atoms with Gasteiger partial charge >= 0.3 is 0 Å². The Kier molecular flexibility index (Phi) is 4.66. The first-order chi connectivity index (χ1) is 11.2. The minimum atomic E-state index is 0.526. The molecule has 0 saturated heterocycles. The van der Waals surface area contributed by atoms with Crippen LogP contribution in [0.5, 0.6) is 0 Å². The van der Waals surface area contributed by atoms with Crippen LogP contribution in [0, 0.1) is 11.3 Å². The molecule has 0 aliphatic carbocycles. The van der Waals surface area contributed by atoms with E-state index in [1.165, 1.54) is 0 Å². The molecule has 0 amide bonds. The molecule has 0 aliphatic heterocycles. The molecule has 0 atom stereocenters. The Morgan fingerprint density at radius 3 is 2.35 bits per heavy atom. The predicted octanol–water partition coefficient (Wildman–Crippen LogP) is 6.43. The van der Waals surface area contributed by atoms with Gasteiger partial charge in [0.1, 0.15) is 11.5 Å². The second-order valence-corrected chi connectivity index (χ2v) is 6.24. The maximum atomic E-state index is 9.37. The number of rotatable bonds is 3. The smallest absolute Gasteiger partial charge is 0.134 e. The van der Waals surface area contributed by atoms with E-state index in [1.807, 2.05) is 48.5 Å². The molecule has 1 heterocycles. The lowest BCUT2D eigenvalue weighted by Gasteiger charge is -1.99. The standard InChI is InChI=1S/C19H11BrClNO/c20-16-5-1-14(2-6-16)19-10-9-18(23-19)11-15(12-22)13-3-7-17(21)8-4-13/h1-11H. The summed E-state index contributed by atoms with van der Waals surface area (Å²) in [5, 5.41) is 10.0. The highest BCUT2D eigenvalue weighted by atomic mass is 79.9. The van der Waals surface area contributed by atoms with Gasteiger partial charge in [-0.05, 0) is 48.0 Å². The second-order valence-electron chi connectivity index (χ2n) is 4.89. The van der Waals surface area contributed by atoms with Crippen molar-refractivity contribution in [1.29, 1.82) is 5.26 Å². The van der Waals surface area contributed by atoms with Gasteiger partial charge < -0.3 is 4.42 Å². The molecular weight excluding hydrogens is 374 g/mol. The van der Waals surface area contributed by atoms with E-state index in [0.717, 1.165) is 21.4 Å². The molecular formula is C19H11BrClNO. The summed E-state index contributed by atoms with van der Waals surface area (Å²) < 4.78 is 6.83. The Balaban J connectivity index is 1.91. The minimum absolute atomic E-state index is 0.526. The Hall–Kier alpha value is -2.28. The van der Waals surface area contributed by atoms with Crippen molar-refractivity contribution >= 4 is 39.2 Å². The summed E-state index contributed by atoms with van der Waals surface area (Å²) in [6.45, 7) is 0. The van der Waals surface area contributed by atoms with Gasteiger partial charge in [-0.1, -0.05) is 51.8 Å². The summed E-state index contributed by atoms with van der Waals surface area (Å²) in [7, 11) is 0. The van der Waals surface area contributed by atoms with E-state index < -0.39 is 0 Å². The molecule has 0 saturated carbocycles. The van der Waals surface area contributed by atoms with Gasteiger partial charge in [0, 0.05) is 15.1 Å². The van der Waals surface area contributed by atoms with Gasteiger partial charge in [0.15, 0.2) is 0 Å². The Morgan fingerprint density at radius 1 is 1.00 bits per heavy atom. The van der Waals surface area contributed by atoms with Gasteiger partial charge in [-0.2, -0.15) is 5.26 Å². The van der Waals surface area contributed by atoms with Crippen molar-refractivity contribution in [3.8, 4) is 17.4 Å². The third-order valence-corrected chi connectivity index (χ3v) is 4.10. The number of hydrogen-bond donors (Lipinski definition) is 0. The summed E-state index contributed by atoms with van der Waals surface area (Å²) >= 11 is 9.29. The van der Waals surface area contributed by atoms with Crippen LogP contribution in [-0.4, -0.2) is 0 Å². The molecule has 0 radical (unpaired) electrons. The van der Waals surface area contributed by atoms with Crippen LogP contribution in [0.2, 0.25) is 5.02 Å². The molecule has 0 N–H and O–H groups in total. The molecule has 0 spiro atoms. The number of benzene rings is 2. The molecule has 0 bridgehead atoms. The third kappa shape index (κ3) is 3.73. The SMILES string of the molecule is N#CC(=Cc1ccc(-c2ccc(Br)cc2)o1)c1ccc(Cl)cc1. The average molecular weight is 385 g/mol. The lowest BCUT2D eigenvalue weighted by Crippen LogP contribution is -1.80. The van der Waals surface area contributed by atoms with Gasteiger partial charge in [0.2, 0.25) is 0 Å². The maximum absolute atomic E-state index is 9.37. The van der Waals surface area contributed by atoms with Crippen LogP contribution in [0.25, 0.3) is 23.0 Å². The van der Waals surface area contributed by atoms with E-state index in [2.05, 4.69) is 22.0 Å². The van der Waals surface area contributed by atoms with Gasteiger partial charge in [-0.25, -0.2) is 0 Å². The van der Waals surface area contributed by atoms with E-state index >= 15 is 0 Å². The van der Waals surface area contributed by atoms with E-state index in [-0.39, 0.29) is 0 Å². The first kappa shape index (κ1) is 15.6. The lowest BCUT2D eigenvalue weighted by molar-refractivity contribution is 0.572. The Morgan fingerprint density at radius 2 is 1.70 bits per heavy atom. The molecule has 0 unspecified atom stereocenters. The van der Waals surface area contributed by atoms with Crippen molar-refractivity contribution in [2.45, 2.75) is 0 Å². The first-order valence-corrected chi connectivity index (χ1v) is 8.06. The maximum Gasteiger partial charge on any atom is 0.134 e. The highest BCUT2D eigenvalue weighted by Gasteiger charge is 2.06. The van der Waals surface area contributed by atoms with Crippen LogP contribution in [0.3, 0.4) is 0 Å². The summed E-state index contributed by atoms with van der Waals surface area (Å²) in [5.41, 5.74) is 2.31. The lowest BCUT2D eigenvalue weighted by atomic mass is 10.1. The quantitative estimate of drug-likeness (QED) is 0.488. The van der Waals surface area contributed by atoms with Crippen LogP contribution in [0.15, 0.2) is 69.6 Å². The highest BCUT2D eigenvalue weighted by Crippen LogP contribution is 2.26. The van der Waals surface area contributed by atoms with Gasteiger partial charge in [0.05, 0.1) is 11.6 Å². The zero-order valence-electron chi connectivity index (χ0n) is 12.0. The Labute approximate surface area is 147 Å². The fraction of sp³-hybridized carbons (Fsp3) is 0. The van der Waals surface area contributed by atoms with E-state index in [0.29, 0.717) is 16.4 Å². The topological polar surface area (TPSA) is 36.9 Å². The third-order valence-electron chi connectivity index (χ3n) is 3.32. The molecule has 2 nitrogen and oxygen atoms in total. The summed E-state index contributed by atoms with van der Waals surface area (Å²) in [6, 6.07) is 21.0. The minimum Gasteiger partial charge on any atom is -0.457 e. The van der Waals surface area contributed by atoms with Crippen LogP contribution in [0.1, 0.15) is 11.3 Å². The van der Waals surface area contributed by atoms with E-state index in [9.17, 15) is 5.26 Å². The molecule has 0 aliphatic rings. The van der Waals surface area contributed by atoms with E-state index in [4.69, 9.17) is 16.0 Å². The molecule has 3 rings (SSSR count). The number of nitriles is 1. The molecule has 112 valence electrons. The van der Waals surface area contributed by atoms with Crippen LogP contribution < -0.4 is 0 Å². The molecule has 23 heavy (non-hydrogen) atoms. The molecule has 0 fully saturated rings. The predicted molar refractivity (Wildman–Crippen MR) is 96.8 cm³/mol. The normalized spacial score (nSPS) is 11.3. The van der Waals surface area contributed by atoms with Crippen molar-refractivity contribution in [2.24, 2.45) is 0 Å². The van der Waals surface area contributed by atoms with Crippen LogP contribution in [0.4, 0.5) is 0 Å². The second kappa shape index (κ2) is 6.87. The number of halogens is 2. The summed E-state index contributed by atoms with van der Waals surface area (Å²) in [4.78, 5) is 0. The molecule has 4 heteroatoms. The van der Waals surface area contributed by atoms with Crippen LogP contribution in [-0.2, 0) is 0 Å². The van der Waals surface area contributed by atoms with Gasteiger partial charge in [-0.3, -0.25) is 0 Å².